The van der Waals surface area contributed by atoms with Crippen LogP contribution in [0.25, 0.3) is 5.82 Å². The van der Waals surface area contributed by atoms with Gasteiger partial charge in [0.25, 0.3) is 0 Å². The fourth-order valence-electron chi connectivity index (χ4n) is 2.77. The Morgan fingerprint density at radius 2 is 1.58 bits per heavy atom. The highest BCUT2D eigenvalue weighted by Gasteiger charge is 2.21. The van der Waals surface area contributed by atoms with Crippen LogP contribution in [0, 0.1) is 5.82 Å². The van der Waals surface area contributed by atoms with E-state index in [4.69, 9.17) is 0 Å². The Balaban J connectivity index is 1.43. The molecular formula is C16H16FN7. The van der Waals surface area contributed by atoms with Crippen molar-refractivity contribution in [2.24, 2.45) is 0 Å². The van der Waals surface area contributed by atoms with E-state index in [2.05, 4.69) is 25.2 Å². The third-order valence-corrected chi connectivity index (χ3v) is 4.02. The quantitative estimate of drug-likeness (QED) is 0.728. The first kappa shape index (κ1) is 14.6. The van der Waals surface area contributed by atoms with E-state index in [9.17, 15) is 4.39 Å². The van der Waals surface area contributed by atoms with Crippen molar-refractivity contribution in [2.75, 3.05) is 36.0 Å². The number of hydrogen-bond acceptors (Lipinski definition) is 6. The van der Waals surface area contributed by atoms with E-state index in [1.54, 1.807) is 23.1 Å². The molecule has 0 spiro atoms. The van der Waals surface area contributed by atoms with Crippen LogP contribution in [0.1, 0.15) is 0 Å². The summed E-state index contributed by atoms with van der Waals surface area (Å²) in [4.78, 5) is 8.23. The Morgan fingerprint density at radius 3 is 2.25 bits per heavy atom. The van der Waals surface area contributed by atoms with Crippen molar-refractivity contribution in [3.05, 3.63) is 54.7 Å². The van der Waals surface area contributed by atoms with Crippen molar-refractivity contribution in [2.45, 2.75) is 0 Å². The second-order valence-corrected chi connectivity index (χ2v) is 5.48. The van der Waals surface area contributed by atoms with Gasteiger partial charge in [0.1, 0.15) is 0 Å². The molecule has 4 heterocycles. The van der Waals surface area contributed by atoms with Crippen molar-refractivity contribution in [1.82, 2.24) is 25.0 Å². The minimum absolute atomic E-state index is 0.283. The molecule has 1 saturated heterocycles. The van der Waals surface area contributed by atoms with E-state index in [0.29, 0.717) is 24.7 Å². The van der Waals surface area contributed by atoms with Crippen LogP contribution in [-0.4, -0.2) is 51.1 Å². The number of hydrogen-bond donors (Lipinski definition) is 0. The van der Waals surface area contributed by atoms with Gasteiger partial charge in [-0.2, -0.15) is 5.10 Å². The maximum Gasteiger partial charge on any atom is 0.175 e. The SMILES string of the molecule is Fc1cccnc1N1CCN(c2ccc(-n3cccn3)nn2)CC1. The number of pyridine rings is 1. The Morgan fingerprint density at radius 1 is 0.833 bits per heavy atom. The zero-order chi connectivity index (χ0) is 16.4. The Bertz CT molecular complexity index is 796. The molecule has 0 aromatic carbocycles. The van der Waals surface area contributed by atoms with Gasteiger partial charge < -0.3 is 9.80 Å². The summed E-state index contributed by atoms with van der Waals surface area (Å²) in [6.45, 7) is 2.87. The fourth-order valence-corrected chi connectivity index (χ4v) is 2.77. The predicted octanol–water partition coefficient (Wildman–Crippen LogP) is 1.52. The molecule has 122 valence electrons. The van der Waals surface area contributed by atoms with Crippen molar-refractivity contribution < 1.29 is 4.39 Å². The summed E-state index contributed by atoms with van der Waals surface area (Å²) in [5.41, 5.74) is 0. The van der Waals surface area contributed by atoms with Crippen LogP contribution in [0.15, 0.2) is 48.9 Å². The first-order chi connectivity index (χ1) is 11.8. The average molecular weight is 325 g/mol. The maximum atomic E-state index is 13.8. The van der Waals surface area contributed by atoms with Gasteiger partial charge in [0.2, 0.25) is 0 Å². The number of aromatic nitrogens is 5. The van der Waals surface area contributed by atoms with E-state index >= 15 is 0 Å². The van der Waals surface area contributed by atoms with Gasteiger partial charge in [-0.05, 0) is 30.3 Å². The topological polar surface area (TPSA) is 63.0 Å². The van der Waals surface area contributed by atoms with E-state index in [0.717, 1.165) is 18.9 Å². The molecule has 0 aliphatic carbocycles. The second kappa shape index (κ2) is 6.23. The van der Waals surface area contributed by atoms with Crippen molar-refractivity contribution in [3.8, 4) is 5.82 Å². The Labute approximate surface area is 138 Å². The monoisotopic (exact) mass is 325 g/mol. The molecule has 4 rings (SSSR count). The average Bonchev–Trinajstić information content (AvgIpc) is 3.17. The van der Waals surface area contributed by atoms with Crippen LogP contribution in [0.2, 0.25) is 0 Å². The smallest absolute Gasteiger partial charge is 0.175 e. The third-order valence-electron chi connectivity index (χ3n) is 4.02. The van der Waals surface area contributed by atoms with E-state index in [1.165, 1.54) is 6.07 Å². The van der Waals surface area contributed by atoms with Crippen molar-refractivity contribution in [1.29, 1.82) is 0 Å². The zero-order valence-corrected chi connectivity index (χ0v) is 13.0. The van der Waals surface area contributed by atoms with Gasteiger partial charge in [0.15, 0.2) is 23.3 Å². The van der Waals surface area contributed by atoms with Crippen LogP contribution in [0.5, 0.6) is 0 Å². The summed E-state index contributed by atoms with van der Waals surface area (Å²) >= 11 is 0. The molecule has 0 radical (unpaired) electrons. The standard InChI is InChI=1S/C16H16FN7/c17-13-3-1-6-18-16(13)23-11-9-22(10-12-23)14-4-5-15(21-20-14)24-8-2-7-19-24/h1-8H,9-12H2. The molecule has 7 nitrogen and oxygen atoms in total. The van der Waals surface area contributed by atoms with Crippen LogP contribution >= 0.6 is 0 Å². The molecule has 3 aromatic rings. The molecule has 0 saturated carbocycles. The number of nitrogens with zero attached hydrogens (tertiary/aromatic N) is 7. The third kappa shape index (κ3) is 2.78. The number of halogens is 1. The summed E-state index contributed by atoms with van der Waals surface area (Å²) in [7, 11) is 0. The Hall–Kier alpha value is -3.03. The summed E-state index contributed by atoms with van der Waals surface area (Å²) in [5, 5.41) is 12.6. The van der Waals surface area contributed by atoms with Gasteiger partial charge in [0, 0.05) is 44.8 Å². The van der Waals surface area contributed by atoms with Gasteiger partial charge in [-0.15, -0.1) is 10.2 Å². The first-order valence-corrected chi connectivity index (χ1v) is 7.75. The van der Waals surface area contributed by atoms with Gasteiger partial charge in [-0.1, -0.05) is 0 Å². The summed E-state index contributed by atoms with van der Waals surface area (Å²) < 4.78 is 15.5. The van der Waals surface area contributed by atoms with Crippen LogP contribution in [0.4, 0.5) is 16.0 Å². The van der Waals surface area contributed by atoms with Gasteiger partial charge in [0.05, 0.1) is 0 Å². The molecule has 0 atom stereocenters. The predicted molar refractivity (Wildman–Crippen MR) is 87.8 cm³/mol. The van der Waals surface area contributed by atoms with Crippen LogP contribution < -0.4 is 9.80 Å². The number of rotatable bonds is 3. The maximum absolute atomic E-state index is 13.8. The lowest BCUT2D eigenvalue weighted by Crippen LogP contribution is -2.47. The van der Waals surface area contributed by atoms with Crippen LogP contribution in [-0.2, 0) is 0 Å². The fraction of sp³-hybridized carbons (Fsp3) is 0.250. The molecule has 0 unspecified atom stereocenters. The van der Waals surface area contributed by atoms with E-state index in [1.807, 2.05) is 29.3 Å². The Kier molecular flexibility index (Phi) is 3.78. The highest BCUT2D eigenvalue weighted by atomic mass is 19.1. The van der Waals surface area contributed by atoms with Gasteiger partial charge in [-0.3, -0.25) is 0 Å². The summed E-state index contributed by atoms with van der Waals surface area (Å²) in [6, 6.07) is 8.70. The minimum atomic E-state index is -0.283. The van der Waals surface area contributed by atoms with Crippen LogP contribution in [0.3, 0.4) is 0 Å². The molecule has 0 bridgehead atoms. The van der Waals surface area contributed by atoms with Crippen molar-refractivity contribution in [3.63, 3.8) is 0 Å². The van der Waals surface area contributed by atoms with E-state index < -0.39 is 0 Å². The molecular weight excluding hydrogens is 309 g/mol. The minimum Gasteiger partial charge on any atom is -0.352 e. The summed E-state index contributed by atoms with van der Waals surface area (Å²) in [5.74, 6) is 1.62. The molecule has 3 aromatic heterocycles. The highest BCUT2D eigenvalue weighted by molar-refractivity contribution is 5.45. The number of piperazine rings is 1. The summed E-state index contributed by atoms with van der Waals surface area (Å²) in [6.07, 6.45) is 5.14. The van der Waals surface area contributed by atoms with Gasteiger partial charge >= 0.3 is 0 Å². The molecule has 1 aliphatic rings. The normalized spacial score (nSPS) is 14.9. The van der Waals surface area contributed by atoms with Gasteiger partial charge in [-0.25, -0.2) is 14.1 Å². The molecule has 1 fully saturated rings. The molecule has 24 heavy (non-hydrogen) atoms. The number of anilines is 2. The largest absolute Gasteiger partial charge is 0.352 e. The lowest BCUT2D eigenvalue weighted by Gasteiger charge is -2.35. The molecule has 0 N–H and O–H groups in total. The first-order valence-electron chi connectivity index (χ1n) is 7.75. The molecule has 0 amide bonds. The zero-order valence-electron chi connectivity index (χ0n) is 13.0. The lowest BCUT2D eigenvalue weighted by molar-refractivity contribution is 0.586. The van der Waals surface area contributed by atoms with E-state index in [-0.39, 0.29) is 5.82 Å². The molecule has 8 heteroatoms. The van der Waals surface area contributed by atoms with Crippen molar-refractivity contribution >= 4 is 11.6 Å². The molecule has 1 aliphatic heterocycles. The second-order valence-electron chi connectivity index (χ2n) is 5.48. The highest BCUT2D eigenvalue weighted by Crippen LogP contribution is 2.19. The lowest BCUT2D eigenvalue weighted by atomic mass is 10.3.